The molecular weight excluding hydrogens is 266 g/mol. The molecule has 1 fully saturated rings. The first kappa shape index (κ1) is 15.8. The first-order valence-electron chi connectivity index (χ1n) is 7.78. The smallest absolute Gasteiger partial charge is 0.305 e. The maximum Gasteiger partial charge on any atom is 0.305 e. The number of rotatable bonds is 6. The fourth-order valence-electron chi connectivity index (χ4n) is 2.89. The Bertz CT molecular complexity index is 450. The number of nitrogens with zero attached hydrogens (tertiary/aromatic N) is 1. The van der Waals surface area contributed by atoms with E-state index in [1.54, 1.807) is 0 Å². The molecule has 21 heavy (non-hydrogen) atoms. The molecule has 1 aliphatic rings. The molecule has 4 heteroatoms. The predicted molar refractivity (Wildman–Crippen MR) is 82.6 cm³/mol. The van der Waals surface area contributed by atoms with Crippen molar-refractivity contribution in [2.24, 2.45) is 0 Å². The second-order valence-electron chi connectivity index (χ2n) is 5.95. The van der Waals surface area contributed by atoms with E-state index in [9.17, 15) is 9.90 Å². The minimum absolute atomic E-state index is 0.0316. The van der Waals surface area contributed by atoms with Crippen LogP contribution in [0.4, 0.5) is 0 Å². The molecule has 2 rings (SSSR count). The summed E-state index contributed by atoms with van der Waals surface area (Å²) in [6.45, 7) is 5.97. The molecule has 1 saturated heterocycles. The van der Waals surface area contributed by atoms with Crippen molar-refractivity contribution in [3.05, 3.63) is 29.8 Å². The highest BCUT2D eigenvalue weighted by Gasteiger charge is 2.24. The van der Waals surface area contributed by atoms with E-state index in [4.69, 9.17) is 4.74 Å². The quantitative estimate of drug-likeness (QED) is 0.872. The van der Waals surface area contributed by atoms with Crippen molar-refractivity contribution >= 4 is 5.97 Å². The molecule has 1 heterocycles. The first-order chi connectivity index (χ1) is 10.1. The highest BCUT2D eigenvalue weighted by molar-refractivity contribution is 5.68. The fourth-order valence-corrected chi connectivity index (χ4v) is 2.89. The maximum atomic E-state index is 11.2. The van der Waals surface area contributed by atoms with Crippen LogP contribution < -0.4 is 4.74 Å². The van der Waals surface area contributed by atoms with Gasteiger partial charge in [-0.15, -0.1) is 0 Å². The van der Waals surface area contributed by atoms with Crippen LogP contribution in [0, 0.1) is 0 Å². The number of likely N-dealkylation sites (tertiary alicyclic amines) is 1. The molecule has 0 aromatic heterocycles. The molecule has 1 unspecified atom stereocenters. The van der Waals surface area contributed by atoms with Gasteiger partial charge in [0.05, 0.1) is 12.5 Å². The Labute approximate surface area is 126 Å². The molecule has 1 aliphatic heterocycles. The SMILES string of the molecule is CC(C)Oc1ccc(C(CC(=O)O)N2CCCCC2)cc1. The van der Waals surface area contributed by atoms with Gasteiger partial charge in [-0.05, 0) is 57.5 Å². The lowest BCUT2D eigenvalue weighted by Crippen LogP contribution is -2.34. The Balaban J connectivity index is 2.13. The van der Waals surface area contributed by atoms with Crippen molar-refractivity contribution in [1.82, 2.24) is 4.90 Å². The van der Waals surface area contributed by atoms with Gasteiger partial charge in [0.25, 0.3) is 0 Å². The maximum absolute atomic E-state index is 11.2. The third kappa shape index (κ3) is 4.74. The minimum Gasteiger partial charge on any atom is -0.491 e. The van der Waals surface area contributed by atoms with Crippen LogP contribution in [0.3, 0.4) is 0 Å². The molecule has 0 saturated carbocycles. The lowest BCUT2D eigenvalue weighted by atomic mass is 9.99. The Morgan fingerprint density at radius 1 is 1.19 bits per heavy atom. The summed E-state index contributed by atoms with van der Waals surface area (Å²) < 4.78 is 5.65. The lowest BCUT2D eigenvalue weighted by Gasteiger charge is -2.34. The van der Waals surface area contributed by atoms with Crippen molar-refractivity contribution in [2.45, 2.75) is 51.7 Å². The minimum atomic E-state index is -0.743. The van der Waals surface area contributed by atoms with E-state index in [-0.39, 0.29) is 18.6 Å². The summed E-state index contributed by atoms with van der Waals surface area (Å²) >= 11 is 0. The monoisotopic (exact) mass is 291 g/mol. The third-order valence-corrected chi connectivity index (χ3v) is 3.84. The number of hydrogen-bond donors (Lipinski definition) is 1. The van der Waals surface area contributed by atoms with Gasteiger partial charge >= 0.3 is 5.97 Å². The fraction of sp³-hybridized carbons (Fsp3) is 0.588. The Kier molecular flexibility index (Phi) is 5.62. The molecule has 116 valence electrons. The highest BCUT2D eigenvalue weighted by atomic mass is 16.5. The normalized spacial score (nSPS) is 17.7. The number of aliphatic carboxylic acids is 1. The number of piperidine rings is 1. The van der Waals surface area contributed by atoms with E-state index in [0.717, 1.165) is 37.2 Å². The summed E-state index contributed by atoms with van der Waals surface area (Å²) in [6, 6.07) is 7.85. The van der Waals surface area contributed by atoms with Crippen LogP contribution in [-0.2, 0) is 4.79 Å². The van der Waals surface area contributed by atoms with Crippen molar-refractivity contribution in [3.8, 4) is 5.75 Å². The molecule has 1 atom stereocenters. The van der Waals surface area contributed by atoms with Gasteiger partial charge in [0.15, 0.2) is 0 Å². The lowest BCUT2D eigenvalue weighted by molar-refractivity contribution is -0.138. The number of ether oxygens (including phenoxy) is 1. The Morgan fingerprint density at radius 2 is 1.81 bits per heavy atom. The van der Waals surface area contributed by atoms with Gasteiger partial charge in [-0.1, -0.05) is 18.6 Å². The molecule has 0 bridgehead atoms. The summed E-state index contributed by atoms with van der Waals surface area (Å²) in [5.74, 6) is 0.0922. The van der Waals surface area contributed by atoms with E-state index >= 15 is 0 Å². The molecular formula is C17H25NO3. The zero-order chi connectivity index (χ0) is 15.2. The van der Waals surface area contributed by atoms with Crippen molar-refractivity contribution in [2.75, 3.05) is 13.1 Å². The van der Waals surface area contributed by atoms with Crippen LogP contribution in [0.15, 0.2) is 24.3 Å². The van der Waals surface area contributed by atoms with Crippen LogP contribution in [0.1, 0.15) is 51.1 Å². The first-order valence-corrected chi connectivity index (χ1v) is 7.78. The molecule has 1 aromatic rings. The predicted octanol–water partition coefficient (Wildman–Crippen LogP) is 3.48. The van der Waals surface area contributed by atoms with E-state index < -0.39 is 5.97 Å². The highest BCUT2D eigenvalue weighted by Crippen LogP contribution is 2.29. The van der Waals surface area contributed by atoms with E-state index in [0.29, 0.717) is 0 Å². The van der Waals surface area contributed by atoms with Crippen LogP contribution in [0.25, 0.3) is 0 Å². The molecule has 1 aromatic carbocycles. The van der Waals surface area contributed by atoms with Gasteiger partial charge in [-0.3, -0.25) is 9.69 Å². The Hall–Kier alpha value is -1.55. The van der Waals surface area contributed by atoms with Gasteiger partial charge in [-0.2, -0.15) is 0 Å². The molecule has 0 radical (unpaired) electrons. The zero-order valence-electron chi connectivity index (χ0n) is 12.9. The molecule has 0 amide bonds. The standard InChI is InChI=1S/C17H25NO3/c1-13(2)21-15-8-6-14(7-9-15)16(12-17(19)20)18-10-4-3-5-11-18/h6-9,13,16H,3-5,10-12H2,1-2H3,(H,19,20). The zero-order valence-corrected chi connectivity index (χ0v) is 12.9. The molecule has 0 aliphatic carbocycles. The number of carboxylic acids is 1. The average Bonchev–Trinajstić information content (AvgIpc) is 2.46. The molecule has 1 N–H and O–H groups in total. The summed E-state index contributed by atoms with van der Waals surface area (Å²) in [4.78, 5) is 13.5. The number of carbonyl (C=O) groups is 1. The third-order valence-electron chi connectivity index (χ3n) is 3.84. The average molecular weight is 291 g/mol. The van der Waals surface area contributed by atoms with Crippen LogP contribution in [0.5, 0.6) is 5.75 Å². The number of hydrogen-bond acceptors (Lipinski definition) is 3. The van der Waals surface area contributed by atoms with Crippen molar-refractivity contribution in [1.29, 1.82) is 0 Å². The summed E-state index contributed by atoms with van der Waals surface area (Å²) in [5.41, 5.74) is 1.07. The Morgan fingerprint density at radius 3 is 2.33 bits per heavy atom. The van der Waals surface area contributed by atoms with Gasteiger partial charge in [0.1, 0.15) is 5.75 Å². The van der Waals surface area contributed by atoms with E-state index in [1.807, 2.05) is 38.1 Å². The molecule has 4 nitrogen and oxygen atoms in total. The van der Waals surface area contributed by atoms with Gasteiger partial charge < -0.3 is 9.84 Å². The van der Waals surface area contributed by atoms with Crippen molar-refractivity contribution < 1.29 is 14.6 Å². The largest absolute Gasteiger partial charge is 0.491 e. The summed E-state index contributed by atoms with van der Waals surface area (Å²) in [6.07, 6.45) is 3.87. The van der Waals surface area contributed by atoms with Gasteiger partial charge in [-0.25, -0.2) is 0 Å². The van der Waals surface area contributed by atoms with E-state index in [2.05, 4.69) is 4.90 Å². The number of benzene rings is 1. The van der Waals surface area contributed by atoms with Crippen molar-refractivity contribution in [3.63, 3.8) is 0 Å². The van der Waals surface area contributed by atoms with E-state index in [1.165, 1.54) is 6.42 Å². The number of carboxylic acid groups (broad SMARTS) is 1. The van der Waals surface area contributed by atoms with Crippen LogP contribution in [-0.4, -0.2) is 35.2 Å². The summed E-state index contributed by atoms with van der Waals surface area (Å²) in [5, 5.41) is 9.20. The molecule has 0 spiro atoms. The second-order valence-corrected chi connectivity index (χ2v) is 5.95. The van der Waals surface area contributed by atoms with Gasteiger partial charge in [0.2, 0.25) is 0 Å². The van der Waals surface area contributed by atoms with Crippen LogP contribution in [0.2, 0.25) is 0 Å². The second kappa shape index (κ2) is 7.46. The summed E-state index contributed by atoms with van der Waals surface area (Å²) in [7, 11) is 0. The van der Waals surface area contributed by atoms with Crippen LogP contribution >= 0.6 is 0 Å². The van der Waals surface area contributed by atoms with Gasteiger partial charge in [0, 0.05) is 6.04 Å². The topological polar surface area (TPSA) is 49.8 Å².